The highest BCUT2D eigenvalue weighted by atomic mass is 16.5. The second kappa shape index (κ2) is 4.00. The van der Waals surface area contributed by atoms with Crippen LogP contribution in [0.2, 0.25) is 0 Å². The number of rotatable bonds is 1. The standard InChI is InChI=1S/C13H15NO2/c1-4-10-9(2)14(13(15)16-3)12-8-6-5-7-11(10)12/h5-8H,4H2,1-3H3. The number of aryl methyl sites for hydroxylation is 1. The van der Waals surface area contributed by atoms with Crippen molar-refractivity contribution in [3.8, 4) is 0 Å². The van der Waals surface area contributed by atoms with Gasteiger partial charge in [0.2, 0.25) is 0 Å². The van der Waals surface area contributed by atoms with Gasteiger partial charge in [0.25, 0.3) is 0 Å². The number of carbonyl (C=O) groups is 1. The molecule has 0 atom stereocenters. The largest absolute Gasteiger partial charge is 0.452 e. The minimum atomic E-state index is -0.326. The maximum atomic E-state index is 11.7. The second-order valence-electron chi connectivity index (χ2n) is 3.74. The predicted octanol–water partition coefficient (Wildman–Crippen LogP) is 3.13. The van der Waals surface area contributed by atoms with Gasteiger partial charge in [0, 0.05) is 11.1 Å². The zero-order chi connectivity index (χ0) is 11.7. The summed E-state index contributed by atoms with van der Waals surface area (Å²) in [5.41, 5.74) is 3.10. The molecule has 0 aliphatic heterocycles. The Labute approximate surface area is 94.6 Å². The van der Waals surface area contributed by atoms with Gasteiger partial charge in [0.15, 0.2) is 0 Å². The second-order valence-corrected chi connectivity index (χ2v) is 3.74. The number of hydrogen-bond donors (Lipinski definition) is 0. The van der Waals surface area contributed by atoms with Crippen LogP contribution in [0.3, 0.4) is 0 Å². The van der Waals surface area contributed by atoms with E-state index >= 15 is 0 Å². The molecule has 1 aromatic heterocycles. The number of methoxy groups -OCH3 is 1. The summed E-state index contributed by atoms with van der Waals surface area (Å²) >= 11 is 0. The van der Waals surface area contributed by atoms with Gasteiger partial charge in [-0.2, -0.15) is 0 Å². The number of ether oxygens (including phenoxy) is 1. The lowest BCUT2D eigenvalue weighted by atomic mass is 10.1. The van der Waals surface area contributed by atoms with Crippen LogP contribution in [-0.2, 0) is 11.2 Å². The van der Waals surface area contributed by atoms with E-state index in [4.69, 9.17) is 4.74 Å². The number of fused-ring (bicyclic) bond motifs is 1. The molecule has 0 saturated heterocycles. The molecule has 0 unspecified atom stereocenters. The predicted molar refractivity (Wildman–Crippen MR) is 63.9 cm³/mol. The van der Waals surface area contributed by atoms with Gasteiger partial charge < -0.3 is 4.74 Å². The number of hydrogen-bond acceptors (Lipinski definition) is 2. The van der Waals surface area contributed by atoms with Gasteiger partial charge in [0.1, 0.15) is 0 Å². The number of benzene rings is 1. The average Bonchev–Trinajstić information content (AvgIpc) is 2.60. The molecular weight excluding hydrogens is 202 g/mol. The summed E-state index contributed by atoms with van der Waals surface area (Å²) in [4.78, 5) is 11.7. The van der Waals surface area contributed by atoms with Crippen LogP contribution < -0.4 is 0 Å². The van der Waals surface area contributed by atoms with Crippen molar-refractivity contribution < 1.29 is 9.53 Å². The maximum absolute atomic E-state index is 11.7. The van der Waals surface area contributed by atoms with Gasteiger partial charge in [-0.05, 0) is 25.0 Å². The number of carbonyl (C=O) groups excluding carboxylic acids is 1. The molecule has 84 valence electrons. The lowest BCUT2D eigenvalue weighted by molar-refractivity contribution is 0.173. The van der Waals surface area contributed by atoms with E-state index in [9.17, 15) is 4.79 Å². The molecule has 0 aliphatic carbocycles. The van der Waals surface area contributed by atoms with Crippen molar-refractivity contribution in [1.82, 2.24) is 4.57 Å². The van der Waals surface area contributed by atoms with E-state index in [0.717, 1.165) is 23.0 Å². The summed E-state index contributed by atoms with van der Waals surface area (Å²) in [6.45, 7) is 4.05. The summed E-state index contributed by atoms with van der Waals surface area (Å²) in [5, 5.41) is 1.13. The Hall–Kier alpha value is -1.77. The zero-order valence-corrected chi connectivity index (χ0v) is 9.78. The topological polar surface area (TPSA) is 31.2 Å². The number of nitrogens with zero attached hydrogens (tertiary/aromatic N) is 1. The Bertz CT molecular complexity index is 540. The summed E-state index contributed by atoms with van der Waals surface area (Å²) < 4.78 is 6.44. The zero-order valence-electron chi connectivity index (χ0n) is 9.78. The van der Waals surface area contributed by atoms with Gasteiger partial charge in [-0.25, -0.2) is 9.36 Å². The first-order valence-corrected chi connectivity index (χ1v) is 5.38. The van der Waals surface area contributed by atoms with E-state index in [1.54, 1.807) is 4.57 Å². The number of aromatic nitrogens is 1. The molecule has 2 rings (SSSR count). The van der Waals surface area contributed by atoms with E-state index < -0.39 is 0 Å². The lowest BCUT2D eigenvalue weighted by Crippen LogP contribution is -2.12. The molecule has 1 aromatic carbocycles. The van der Waals surface area contributed by atoms with E-state index in [-0.39, 0.29) is 6.09 Å². The molecule has 0 radical (unpaired) electrons. The monoisotopic (exact) mass is 217 g/mol. The molecule has 0 bridgehead atoms. The smallest absolute Gasteiger partial charge is 0.418 e. The van der Waals surface area contributed by atoms with Gasteiger partial charge in [0.05, 0.1) is 12.6 Å². The fraction of sp³-hybridized carbons (Fsp3) is 0.308. The van der Waals surface area contributed by atoms with E-state index in [1.165, 1.54) is 12.7 Å². The van der Waals surface area contributed by atoms with Crippen LogP contribution in [0.4, 0.5) is 4.79 Å². The van der Waals surface area contributed by atoms with Crippen LogP contribution in [0, 0.1) is 6.92 Å². The Morgan fingerprint density at radius 2 is 2.06 bits per heavy atom. The van der Waals surface area contributed by atoms with Gasteiger partial charge >= 0.3 is 6.09 Å². The van der Waals surface area contributed by atoms with Crippen LogP contribution in [-0.4, -0.2) is 17.8 Å². The lowest BCUT2D eigenvalue weighted by Gasteiger charge is -2.04. The molecule has 0 saturated carbocycles. The van der Waals surface area contributed by atoms with E-state index in [1.807, 2.05) is 31.2 Å². The molecule has 16 heavy (non-hydrogen) atoms. The molecule has 0 N–H and O–H groups in total. The van der Waals surface area contributed by atoms with Crippen LogP contribution in [0.1, 0.15) is 18.2 Å². The van der Waals surface area contributed by atoms with Crippen LogP contribution in [0.25, 0.3) is 10.9 Å². The first kappa shape index (κ1) is 10.7. The molecule has 0 fully saturated rings. The van der Waals surface area contributed by atoms with E-state index in [0.29, 0.717) is 0 Å². The maximum Gasteiger partial charge on any atom is 0.418 e. The Balaban J connectivity index is 2.82. The normalized spacial score (nSPS) is 10.7. The highest BCUT2D eigenvalue weighted by Crippen LogP contribution is 2.26. The molecule has 1 heterocycles. The Morgan fingerprint density at radius 1 is 1.38 bits per heavy atom. The van der Waals surface area contributed by atoms with Crippen molar-refractivity contribution in [3.05, 3.63) is 35.5 Å². The molecule has 0 amide bonds. The van der Waals surface area contributed by atoms with Gasteiger partial charge in [-0.1, -0.05) is 25.1 Å². The van der Waals surface area contributed by atoms with Crippen molar-refractivity contribution in [1.29, 1.82) is 0 Å². The highest BCUT2D eigenvalue weighted by molar-refractivity contribution is 5.93. The summed E-state index contributed by atoms with van der Waals surface area (Å²) in [6, 6.07) is 7.90. The third-order valence-corrected chi connectivity index (χ3v) is 2.95. The highest BCUT2D eigenvalue weighted by Gasteiger charge is 2.16. The minimum Gasteiger partial charge on any atom is -0.452 e. The van der Waals surface area contributed by atoms with E-state index in [2.05, 4.69) is 6.92 Å². The quantitative estimate of drug-likeness (QED) is 0.734. The minimum absolute atomic E-state index is 0.326. The van der Waals surface area contributed by atoms with Crippen molar-refractivity contribution >= 4 is 17.0 Å². The molecule has 3 heteroatoms. The third-order valence-electron chi connectivity index (χ3n) is 2.95. The van der Waals surface area contributed by atoms with Crippen molar-refractivity contribution in [2.75, 3.05) is 7.11 Å². The molecular formula is C13H15NO2. The van der Waals surface area contributed by atoms with Crippen LogP contribution >= 0.6 is 0 Å². The Kier molecular flexibility index (Phi) is 2.69. The van der Waals surface area contributed by atoms with Crippen LogP contribution in [0.5, 0.6) is 0 Å². The summed E-state index contributed by atoms with van der Waals surface area (Å²) in [6.07, 6.45) is 0.587. The van der Waals surface area contributed by atoms with Crippen molar-refractivity contribution in [2.24, 2.45) is 0 Å². The van der Waals surface area contributed by atoms with Gasteiger partial charge in [-0.3, -0.25) is 0 Å². The summed E-state index contributed by atoms with van der Waals surface area (Å²) in [5.74, 6) is 0. The fourth-order valence-corrected chi connectivity index (χ4v) is 2.21. The summed E-state index contributed by atoms with van der Waals surface area (Å²) in [7, 11) is 1.40. The molecule has 3 nitrogen and oxygen atoms in total. The van der Waals surface area contributed by atoms with Gasteiger partial charge in [-0.15, -0.1) is 0 Å². The fourth-order valence-electron chi connectivity index (χ4n) is 2.21. The first-order chi connectivity index (χ1) is 7.70. The SMILES string of the molecule is CCc1c(C)n(C(=O)OC)c2ccccc12. The van der Waals surface area contributed by atoms with Crippen LogP contribution in [0.15, 0.2) is 24.3 Å². The first-order valence-electron chi connectivity index (χ1n) is 5.38. The Morgan fingerprint density at radius 3 is 2.69 bits per heavy atom. The third kappa shape index (κ3) is 1.40. The molecule has 2 aromatic rings. The van der Waals surface area contributed by atoms with Crippen molar-refractivity contribution in [3.63, 3.8) is 0 Å². The average molecular weight is 217 g/mol. The van der Waals surface area contributed by atoms with Crippen molar-refractivity contribution in [2.45, 2.75) is 20.3 Å². The number of para-hydroxylation sites is 1. The molecule has 0 spiro atoms. The molecule has 0 aliphatic rings.